The fourth-order valence-corrected chi connectivity index (χ4v) is 1.60. The summed E-state index contributed by atoms with van der Waals surface area (Å²) < 4.78 is 42.3. The van der Waals surface area contributed by atoms with Crippen molar-refractivity contribution in [2.24, 2.45) is 0 Å². The van der Waals surface area contributed by atoms with Crippen LogP contribution in [0.4, 0.5) is 13.2 Å². The van der Waals surface area contributed by atoms with Gasteiger partial charge in [0.1, 0.15) is 12.0 Å². The Morgan fingerprint density at radius 3 is 2.19 bits per heavy atom. The van der Waals surface area contributed by atoms with Crippen LogP contribution in [0.5, 0.6) is 0 Å². The quantitative estimate of drug-likeness (QED) is 0.735. The maximum atomic E-state index is 12.3. The van der Waals surface area contributed by atoms with Crippen molar-refractivity contribution >= 4 is 22.6 Å². The van der Waals surface area contributed by atoms with Crippen molar-refractivity contribution in [1.82, 2.24) is 4.98 Å². The highest BCUT2D eigenvalue weighted by atomic mass is 127. The maximum absolute atomic E-state index is 12.3. The van der Waals surface area contributed by atoms with Crippen LogP contribution in [0.2, 0.25) is 0 Å². The van der Waals surface area contributed by atoms with E-state index in [1.165, 1.54) is 18.4 Å². The summed E-state index contributed by atoms with van der Waals surface area (Å²) in [5, 5.41) is 0. The first kappa shape index (κ1) is 11.4. The second-order valence-electron chi connectivity index (χ2n) is 3.06. The SMILES string of the molecule is FC(F)(F)c1ccc(-c2coc(I)n2)cc1. The zero-order chi connectivity index (χ0) is 11.8. The van der Waals surface area contributed by atoms with Crippen LogP contribution in [0.1, 0.15) is 5.56 Å². The van der Waals surface area contributed by atoms with Gasteiger partial charge in [-0.3, -0.25) is 0 Å². The van der Waals surface area contributed by atoms with Crippen molar-refractivity contribution < 1.29 is 17.6 Å². The lowest BCUT2D eigenvalue weighted by atomic mass is 10.1. The fraction of sp³-hybridized carbons (Fsp3) is 0.100. The van der Waals surface area contributed by atoms with Crippen LogP contribution in [0.15, 0.2) is 34.9 Å². The molecule has 0 aliphatic heterocycles. The van der Waals surface area contributed by atoms with Gasteiger partial charge in [0.25, 0.3) is 3.90 Å². The Labute approximate surface area is 103 Å². The predicted octanol–water partition coefficient (Wildman–Crippen LogP) is 3.97. The number of alkyl halides is 3. The third-order valence-corrected chi connectivity index (χ3v) is 2.48. The summed E-state index contributed by atoms with van der Waals surface area (Å²) >= 11 is 1.89. The van der Waals surface area contributed by atoms with Gasteiger partial charge in [0, 0.05) is 28.2 Å². The summed E-state index contributed by atoms with van der Waals surface area (Å²) in [6.45, 7) is 0. The van der Waals surface area contributed by atoms with E-state index < -0.39 is 11.7 Å². The van der Waals surface area contributed by atoms with Crippen LogP contribution in [-0.2, 0) is 6.18 Å². The molecule has 0 fully saturated rings. The summed E-state index contributed by atoms with van der Waals surface area (Å²) in [6.07, 6.45) is -2.90. The Balaban J connectivity index is 2.33. The van der Waals surface area contributed by atoms with Gasteiger partial charge in [0.2, 0.25) is 0 Å². The smallest absolute Gasteiger partial charge is 0.416 e. The zero-order valence-electron chi connectivity index (χ0n) is 7.75. The van der Waals surface area contributed by atoms with Gasteiger partial charge in [-0.1, -0.05) is 12.1 Å². The monoisotopic (exact) mass is 339 g/mol. The third-order valence-electron chi connectivity index (χ3n) is 1.98. The molecule has 0 aliphatic carbocycles. The number of hydrogen-bond donors (Lipinski definition) is 0. The van der Waals surface area contributed by atoms with Crippen LogP contribution < -0.4 is 0 Å². The molecule has 6 heteroatoms. The van der Waals surface area contributed by atoms with Crippen LogP contribution in [0.3, 0.4) is 0 Å². The molecule has 1 aromatic heterocycles. The molecule has 2 rings (SSSR count). The Hall–Kier alpha value is -1.05. The number of nitrogens with zero attached hydrogens (tertiary/aromatic N) is 1. The maximum Gasteiger partial charge on any atom is 0.416 e. The standard InChI is InChI=1S/C10H5F3INO/c11-10(12,13)7-3-1-6(2-4-7)8-5-16-9(14)15-8/h1-5H. The van der Waals surface area contributed by atoms with Crippen molar-refractivity contribution in [2.45, 2.75) is 6.18 Å². The van der Waals surface area contributed by atoms with Gasteiger partial charge in [0.05, 0.1) is 5.56 Å². The van der Waals surface area contributed by atoms with E-state index in [0.29, 0.717) is 15.2 Å². The average Bonchev–Trinajstić information content (AvgIpc) is 2.64. The van der Waals surface area contributed by atoms with Crippen molar-refractivity contribution in [3.05, 3.63) is 40.0 Å². The average molecular weight is 339 g/mol. The molecule has 0 atom stereocenters. The Bertz CT molecular complexity index is 490. The van der Waals surface area contributed by atoms with E-state index in [1.54, 1.807) is 0 Å². The van der Waals surface area contributed by atoms with E-state index in [0.717, 1.165) is 12.1 Å². The summed E-state index contributed by atoms with van der Waals surface area (Å²) in [5.41, 5.74) is 0.451. The van der Waals surface area contributed by atoms with Gasteiger partial charge in [-0.05, 0) is 12.1 Å². The number of hydrogen-bond acceptors (Lipinski definition) is 2. The number of oxazole rings is 1. The molecule has 0 unspecified atom stereocenters. The minimum Gasteiger partial charge on any atom is -0.440 e. The number of benzene rings is 1. The highest BCUT2D eigenvalue weighted by Gasteiger charge is 2.30. The molecule has 84 valence electrons. The molecule has 2 aromatic rings. The number of aromatic nitrogens is 1. The predicted molar refractivity (Wildman–Crippen MR) is 59.7 cm³/mol. The second-order valence-corrected chi connectivity index (χ2v) is 3.98. The molecule has 1 aromatic carbocycles. The van der Waals surface area contributed by atoms with Crippen LogP contribution >= 0.6 is 22.6 Å². The minimum atomic E-state index is -4.31. The molecular formula is C10H5F3INO. The molecule has 2 nitrogen and oxygen atoms in total. The number of halogens is 4. The first-order valence-corrected chi connectivity index (χ1v) is 5.33. The largest absolute Gasteiger partial charge is 0.440 e. The van der Waals surface area contributed by atoms with Gasteiger partial charge in [-0.15, -0.1) is 0 Å². The highest BCUT2D eigenvalue weighted by Crippen LogP contribution is 2.30. The van der Waals surface area contributed by atoms with Crippen molar-refractivity contribution in [2.75, 3.05) is 0 Å². The summed E-state index contributed by atoms with van der Waals surface area (Å²) in [5.74, 6) is 0. The van der Waals surface area contributed by atoms with E-state index in [9.17, 15) is 13.2 Å². The molecule has 16 heavy (non-hydrogen) atoms. The van der Waals surface area contributed by atoms with Gasteiger partial charge < -0.3 is 4.42 Å². The lowest BCUT2D eigenvalue weighted by molar-refractivity contribution is -0.137. The molecule has 0 aliphatic rings. The normalized spacial score (nSPS) is 11.8. The third kappa shape index (κ3) is 2.37. The van der Waals surface area contributed by atoms with Crippen LogP contribution in [0, 0.1) is 3.90 Å². The summed E-state index contributed by atoms with van der Waals surface area (Å²) in [4.78, 5) is 4.01. The summed E-state index contributed by atoms with van der Waals surface area (Å²) in [6, 6.07) is 4.79. The fourth-order valence-electron chi connectivity index (χ4n) is 1.21. The lowest BCUT2D eigenvalue weighted by Crippen LogP contribution is -2.03. The van der Waals surface area contributed by atoms with Crippen molar-refractivity contribution in [1.29, 1.82) is 0 Å². The lowest BCUT2D eigenvalue weighted by Gasteiger charge is -2.06. The van der Waals surface area contributed by atoms with E-state index in [2.05, 4.69) is 4.98 Å². The second kappa shape index (κ2) is 4.08. The zero-order valence-corrected chi connectivity index (χ0v) is 9.91. The first-order valence-electron chi connectivity index (χ1n) is 4.25. The molecule has 0 spiro atoms. The molecule has 0 radical (unpaired) electrons. The molecule has 1 heterocycles. The molecular weight excluding hydrogens is 334 g/mol. The molecule has 0 N–H and O–H groups in total. The number of rotatable bonds is 1. The van der Waals surface area contributed by atoms with Gasteiger partial charge in [0.15, 0.2) is 0 Å². The van der Waals surface area contributed by atoms with Gasteiger partial charge in [-0.2, -0.15) is 13.2 Å². The molecule has 0 saturated carbocycles. The van der Waals surface area contributed by atoms with Crippen molar-refractivity contribution in [3.63, 3.8) is 0 Å². The minimum absolute atomic E-state index is 0.451. The van der Waals surface area contributed by atoms with Gasteiger partial charge >= 0.3 is 6.18 Å². The molecule has 0 amide bonds. The first-order chi connectivity index (χ1) is 7.47. The van der Waals surface area contributed by atoms with E-state index in [4.69, 9.17) is 4.42 Å². The van der Waals surface area contributed by atoms with E-state index in [1.807, 2.05) is 22.6 Å². The molecule has 0 saturated heterocycles. The Morgan fingerprint density at radius 2 is 1.75 bits per heavy atom. The van der Waals surface area contributed by atoms with Crippen LogP contribution in [-0.4, -0.2) is 4.98 Å². The van der Waals surface area contributed by atoms with E-state index in [-0.39, 0.29) is 0 Å². The van der Waals surface area contributed by atoms with Crippen LogP contribution in [0.25, 0.3) is 11.3 Å². The Kier molecular flexibility index (Phi) is 2.92. The molecule has 0 bridgehead atoms. The Morgan fingerprint density at radius 1 is 1.12 bits per heavy atom. The van der Waals surface area contributed by atoms with Gasteiger partial charge in [-0.25, -0.2) is 4.98 Å². The highest BCUT2D eigenvalue weighted by molar-refractivity contribution is 14.1. The van der Waals surface area contributed by atoms with E-state index >= 15 is 0 Å². The topological polar surface area (TPSA) is 26.0 Å². The summed E-state index contributed by atoms with van der Waals surface area (Å²) in [7, 11) is 0. The van der Waals surface area contributed by atoms with Crippen molar-refractivity contribution in [3.8, 4) is 11.3 Å².